The van der Waals surface area contributed by atoms with Gasteiger partial charge in [0.15, 0.2) is 0 Å². The lowest BCUT2D eigenvalue weighted by molar-refractivity contribution is 0.398. The SMILES string of the molecule is COc1cc(NC2CCCCC2SC)ccn1. The predicted octanol–water partition coefficient (Wildman–Crippen LogP) is 3.18. The summed E-state index contributed by atoms with van der Waals surface area (Å²) >= 11 is 1.97. The van der Waals surface area contributed by atoms with Gasteiger partial charge in [0.2, 0.25) is 5.88 Å². The van der Waals surface area contributed by atoms with Crippen molar-refractivity contribution >= 4 is 17.4 Å². The lowest BCUT2D eigenvalue weighted by atomic mass is 9.94. The fourth-order valence-electron chi connectivity index (χ4n) is 2.37. The van der Waals surface area contributed by atoms with Gasteiger partial charge in [-0.1, -0.05) is 12.8 Å². The van der Waals surface area contributed by atoms with Crippen LogP contribution in [0, 0.1) is 0 Å². The summed E-state index contributed by atoms with van der Waals surface area (Å²) in [5.41, 5.74) is 1.11. The van der Waals surface area contributed by atoms with Crippen molar-refractivity contribution in [3.05, 3.63) is 18.3 Å². The number of methoxy groups -OCH3 is 1. The van der Waals surface area contributed by atoms with E-state index in [9.17, 15) is 0 Å². The normalized spacial score (nSPS) is 24.4. The summed E-state index contributed by atoms with van der Waals surface area (Å²) in [6.45, 7) is 0. The van der Waals surface area contributed by atoms with E-state index < -0.39 is 0 Å². The first-order valence-electron chi connectivity index (χ1n) is 6.13. The summed E-state index contributed by atoms with van der Waals surface area (Å²) in [6, 6.07) is 4.55. The molecule has 0 bridgehead atoms. The molecule has 94 valence electrons. The van der Waals surface area contributed by atoms with Gasteiger partial charge in [0.05, 0.1) is 7.11 Å². The number of pyridine rings is 1. The monoisotopic (exact) mass is 252 g/mol. The average Bonchev–Trinajstić information content (AvgIpc) is 2.39. The molecule has 2 unspecified atom stereocenters. The van der Waals surface area contributed by atoms with Gasteiger partial charge in [-0.2, -0.15) is 11.8 Å². The molecule has 4 heteroatoms. The molecule has 1 heterocycles. The minimum Gasteiger partial charge on any atom is -0.481 e. The summed E-state index contributed by atoms with van der Waals surface area (Å²) < 4.78 is 5.14. The number of anilines is 1. The van der Waals surface area contributed by atoms with Crippen LogP contribution in [0.15, 0.2) is 18.3 Å². The van der Waals surface area contributed by atoms with Crippen molar-refractivity contribution in [2.24, 2.45) is 0 Å². The van der Waals surface area contributed by atoms with Crippen LogP contribution in [0.1, 0.15) is 25.7 Å². The second-order valence-corrected chi connectivity index (χ2v) is 5.47. The van der Waals surface area contributed by atoms with Crippen LogP contribution in [0.25, 0.3) is 0 Å². The summed E-state index contributed by atoms with van der Waals surface area (Å²) in [7, 11) is 1.65. The van der Waals surface area contributed by atoms with Gasteiger partial charge in [-0.05, 0) is 25.2 Å². The largest absolute Gasteiger partial charge is 0.481 e. The van der Waals surface area contributed by atoms with E-state index >= 15 is 0 Å². The predicted molar refractivity (Wildman–Crippen MR) is 74.0 cm³/mol. The van der Waals surface area contributed by atoms with Crippen molar-refractivity contribution in [1.82, 2.24) is 4.98 Å². The molecule has 0 radical (unpaired) electrons. The molecule has 0 saturated heterocycles. The first kappa shape index (κ1) is 12.6. The quantitative estimate of drug-likeness (QED) is 0.892. The number of thioether (sulfide) groups is 1. The summed E-state index contributed by atoms with van der Waals surface area (Å²) in [5.74, 6) is 0.673. The Kier molecular flexibility index (Phi) is 4.54. The first-order valence-corrected chi connectivity index (χ1v) is 7.41. The fourth-order valence-corrected chi connectivity index (χ4v) is 3.30. The maximum Gasteiger partial charge on any atom is 0.214 e. The number of nitrogens with zero attached hydrogens (tertiary/aromatic N) is 1. The van der Waals surface area contributed by atoms with Crippen LogP contribution < -0.4 is 10.1 Å². The van der Waals surface area contributed by atoms with E-state index in [1.54, 1.807) is 13.3 Å². The van der Waals surface area contributed by atoms with Crippen molar-refractivity contribution < 1.29 is 4.74 Å². The summed E-state index contributed by atoms with van der Waals surface area (Å²) in [6.07, 6.45) is 9.27. The Balaban J connectivity index is 2.02. The van der Waals surface area contributed by atoms with E-state index in [-0.39, 0.29) is 0 Å². The zero-order valence-electron chi connectivity index (χ0n) is 10.5. The third-order valence-electron chi connectivity index (χ3n) is 3.30. The van der Waals surface area contributed by atoms with Gasteiger partial charge in [0.25, 0.3) is 0 Å². The Hall–Kier alpha value is -0.900. The molecule has 2 rings (SSSR count). The number of hydrogen-bond donors (Lipinski definition) is 1. The molecule has 0 aliphatic heterocycles. The summed E-state index contributed by atoms with van der Waals surface area (Å²) in [4.78, 5) is 4.12. The molecule has 1 fully saturated rings. The topological polar surface area (TPSA) is 34.1 Å². The van der Waals surface area contributed by atoms with E-state index in [0.717, 1.165) is 10.9 Å². The number of ether oxygens (including phenoxy) is 1. The van der Waals surface area contributed by atoms with Crippen molar-refractivity contribution in [3.8, 4) is 5.88 Å². The van der Waals surface area contributed by atoms with Gasteiger partial charge < -0.3 is 10.1 Å². The maximum atomic E-state index is 5.14. The Bertz CT molecular complexity index is 359. The fraction of sp³-hybridized carbons (Fsp3) is 0.615. The number of rotatable bonds is 4. The van der Waals surface area contributed by atoms with E-state index in [2.05, 4.69) is 16.6 Å². The molecule has 1 aromatic rings. The van der Waals surface area contributed by atoms with Crippen molar-refractivity contribution in [2.45, 2.75) is 37.0 Å². The number of hydrogen-bond acceptors (Lipinski definition) is 4. The lowest BCUT2D eigenvalue weighted by Gasteiger charge is -2.31. The van der Waals surface area contributed by atoms with Gasteiger partial charge in [0, 0.05) is 29.2 Å². The van der Waals surface area contributed by atoms with Gasteiger partial charge in [-0.15, -0.1) is 0 Å². The zero-order valence-corrected chi connectivity index (χ0v) is 11.3. The molecule has 17 heavy (non-hydrogen) atoms. The Morgan fingerprint density at radius 3 is 3.00 bits per heavy atom. The molecule has 0 amide bonds. The van der Waals surface area contributed by atoms with E-state index in [0.29, 0.717) is 11.9 Å². The Labute approximate surface area is 107 Å². The highest BCUT2D eigenvalue weighted by Crippen LogP contribution is 2.29. The molecule has 2 atom stereocenters. The number of aromatic nitrogens is 1. The van der Waals surface area contributed by atoms with Crippen LogP contribution in [-0.4, -0.2) is 29.6 Å². The highest BCUT2D eigenvalue weighted by molar-refractivity contribution is 7.99. The molecular weight excluding hydrogens is 232 g/mol. The van der Waals surface area contributed by atoms with Crippen LogP contribution in [0.5, 0.6) is 5.88 Å². The van der Waals surface area contributed by atoms with Crippen molar-refractivity contribution in [1.29, 1.82) is 0 Å². The number of nitrogens with one attached hydrogen (secondary N) is 1. The molecule has 1 saturated carbocycles. The zero-order chi connectivity index (χ0) is 12.1. The Morgan fingerprint density at radius 1 is 1.41 bits per heavy atom. The minimum absolute atomic E-state index is 0.575. The van der Waals surface area contributed by atoms with Crippen LogP contribution >= 0.6 is 11.8 Å². The van der Waals surface area contributed by atoms with Crippen molar-refractivity contribution in [3.63, 3.8) is 0 Å². The third kappa shape index (κ3) is 3.28. The highest BCUT2D eigenvalue weighted by atomic mass is 32.2. The standard InChI is InChI=1S/C13H20N2OS/c1-16-13-9-10(7-8-14-13)15-11-5-3-4-6-12(11)17-2/h7-9,11-12H,3-6H2,1-2H3,(H,14,15). The van der Waals surface area contributed by atoms with Gasteiger partial charge in [-0.25, -0.2) is 4.98 Å². The van der Waals surface area contributed by atoms with Crippen LogP contribution in [0.4, 0.5) is 5.69 Å². The molecule has 0 spiro atoms. The van der Waals surface area contributed by atoms with E-state index in [4.69, 9.17) is 4.74 Å². The average molecular weight is 252 g/mol. The van der Waals surface area contributed by atoms with Gasteiger partial charge in [0.1, 0.15) is 0 Å². The molecular formula is C13H20N2OS. The lowest BCUT2D eigenvalue weighted by Crippen LogP contribution is -2.34. The van der Waals surface area contributed by atoms with E-state index in [1.165, 1.54) is 25.7 Å². The van der Waals surface area contributed by atoms with Crippen LogP contribution in [-0.2, 0) is 0 Å². The maximum absolute atomic E-state index is 5.14. The molecule has 1 aromatic heterocycles. The smallest absolute Gasteiger partial charge is 0.214 e. The van der Waals surface area contributed by atoms with Crippen LogP contribution in [0.3, 0.4) is 0 Å². The first-order chi connectivity index (χ1) is 8.33. The third-order valence-corrected chi connectivity index (χ3v) is 4.47. The second kappa shape index (κ2) is 6.15. The molecule has 3 nitrogen and oxygen atoms in total. The van der Waals surface area contributed by atoms with Gasteiger partial charge in [-0.3, -0.25) is 0 Å². The van der Waals surface area contributed by atoms with Crippen LogP contribution in [0.2, 0.25) is 0 Å². The van der Waals surface area contributed by atoms with Crippen molar-refractivity contribution in [2.75, 3.05) is 18.7 Å². The second-order valence-electron chi connectivity index (χ2n) is 4.40. The van der Waals surface area contributed by atoms with Gasteiger partial charge >= 0.3 is 0 Å². The summed E-state index contributed by atoms with van der Waals surface area (Å²) in [5, 5.41) is 4.34. The molecule has 1 aliphatic rings. The Morgan fingerprint density at radius 2 is 2.24 bits per heavy atom. The highest BCUT2D eigenvalue weighted by Gasteiger charge is 2.24. The molecule has 1 N–H and O–H groups in total. The van der Waals surface area contributed by atoms with E-state index in [1.807, 2.05) is 23.9 Å². The molecule has 1 aliphatic carbocycles. The minimum atomic E-state index is 0.575. The molecule has 0 aromatic carbocycles.